The minimum atomic E-state index is -0.872. The summed E-state index contributed by atoms with van der Waals surface area (Å²) in [6.45, 7) is 10.3. The summed E-state index contributed by atoms with van der Waals surface area (Å²) in [7, 11) is 0. The van der Waals surface area contributed by atoms with Crippen molar-refractivity contribution in [3.05, 3.63) is 88.0 Å². The summed E-state index contributed by atoms with van der Waals surface area (Å²) >= 11 is 0. The molecule has 3 rings (SSSR count). The van der Waals surface area contributed by atoms with Crippen LogP contribution < -0.4 is 4.74 Å². The summed E-state index contributed by atoms with van der Waals surface area (Å²) in [5.41, 5.74) is 0.693. The van der Waals surface area contributed by atoms with Crippen molar-refractivity contribution < 1.29 is 24.4 Å². The largest absolute Gasteiger partial charge is 0.507 e. The number of likely N-dealkylation sites (N-methyl/N-ethyl adjacent to an activating group) is 1. The molecule has 0 radical (unpaired) electrons. The van der Waals surface area contributed by atoms with Crippen molar-refractivity contribution in [1.82, 2.24) is 9.80 Å². The van der Waals surface area contributed by atoms with Gasteiger partial charge >= 0.3 is 0 Å². The van der Waals surface area contributed by atoms with E-state index in [9.17, 15) is 24.8 Å². The number of benzene rings is 2. The van der Waals surface area contributed by atoms with Gasteiger partial charge in [-0.05, 0) is 55.1 Å². The highest BCUT2D eigenvalue weighted by Crippen LogP contribution is 2.39. The minimum Gasteiger partial charge on any atom is -0.507 e. The van der Waals surface area contributed by atoms with Crippen LogP contribution in [0.1, 0.15) is 31.0 Å². The molecular weight excluding hydrogens is 450 g/mol. The number of non-ortho nitro benzene ring substituents is 1. The maximum absolute atomic E-state index is 13.1. The lowest BCUT2D eigenvalue weighted by molar-refractivity contribution is -0.384. The molecule has 0 bridgehead atoms. The van der Waals surface area contributed by atoms with Gasteiger partial charge in [0.2, 0.25) is 0 Å². The van der Waals surface area contributed by atoms with Gasteiger partial charge in [0.25, 0.3) is 17.4 Å². The monoisotopic (exact) mass is 479 g/mol. The Morgan fingerprint density at radius 1 is 1.14 bits per heavy atom. The third-order valence-corrected chi connectivity index (χ3v) is 6.01. The number of carbonyl (C=O) groups excluding carboxylic acids is 2. The Bertz CT molecular complexity index is 1120. The van der Waals surface area contributed by atoms with E-state index in [1.807, 2.05) is 13.8 Å². The number of likely N-dealkylation sites (tertiary alicyclic amines) is 1. The van der Waals surface area contributed by atoms with Gasteiger partial charge in [-0.2, -0.15) is 0 Å². The first-order valence-electron chi connectivity index (χ1n) is 11.4. The number of ether oxygens (including phenoxy) is 1. The quantitative estimate of drug-likeness (QED) is 0.130. The van der Waals surface area contributed by atoms with Crippen molar-refractivity contribution in [2.45, 2.75) is 19.9 Å². The summed E-state index contributed by atoms with van der Waals surface area (Å²) in [5, 5.41) is 22.3. The third-order valence-electron chi connectivity index (χ3n) is 6.01. The normalized spacial score (nSPS) is 17.1. The second-order valence-electron chi connectivity index (χ2n) is 7.99. The third kappa shape index (κ3) is 5.58. The predicted octanol–water partition coefficient (Wildman–Crippen LogP) is 3.92. The van der Waals surface area contributed by atoms with Gasteiger partial charge in [-0.25, -0.2) is 0 Å². The van der Waals surface area contributed by atoms with Crippen LogP contribution in [0.25, 0.3) is 5.76 Å². The maximum Gasteiger partial charge on any atom is 0.295 e. The zero-order valence-corrected chi connectivity index (χ0v) is 19.8. The zero-order chi connectivity index (χ0) is 25.5. The number of hydrogen-bond donors (Lipinski definition) is 1. The summed E-state index contributed by atoms with van der Waals surface area (Å²) < 4.78 is 5.46. The molecule has 1 saturated heterocycles. The Morgan fingerprint density at radius 3 is 2.31 bits per heavy atom. The number of ketones is 1. The molecule has 0 spiro atoms. The molecule has 35 heavy (non-hydrogen) atoms. The molecule has 2 aromatic rings. The molecule has 1 fully saturated rings. The van der Waals surface area contributed by atoms with Gasteiger partial charge in [-0.1, -0.05) is 26.5 Å². The van der Waals surface area contributed by atoms with Gasteiger partial charge in [0.05, 0.1) is 16.5 Å². The SMILES string of the molecule is C=CCOc1ccc(/C(O)=C2/C(=O)C(=O)N(CCN(CC)CC)C2c2ccc([N+](=O)[O-])cc2)cc1. The number of hydrogen-bond acceptors (Lipinski definition) is 7. The fourth-order valence-corrected chi connectivity index (χ4v) is 4.04. The Kier molecular flexibility index (Phi) is 8.38. The standard InChI is InChI=1S/C26H29N3O6/c1-4-17-35-21-13-9-19(10-14-21)24(30)22-23(18-7-11-20(12-8-18)29(33)34)28(26(32)25(22)31)16-15-27(5-2)6-3/h4,7-14,23,30H,1,5-6,15-17H2,2-3H3/b24-22-. The highest BCUT2D eigenvalue weighted by molar-refractivity contribution is 6.46. The van der Waals surface area contributed by atoms with Crippen LogP contribution in [0.2, 0.25) is 0 Å². The molecule has 9 nitrogen and oxygen atoms in total. The van der Waals surface area contributed by atoms with Gasteiger partial charge in [-0.3, -0.25) is 19.7 Å². The number of aliphatic hydroxyl groups is 1. The van der Waals surface area contributed by atoms with Crippen LogP contribution in [-0.2, 0) is 9.59 Å². The van der Waals surface area contributed by atoms with E-state index in [0.29, 0.717) is 30.0 Å². The number of aliphatic hydroxyl groups excluding tert-OH is 1. The molecule has 2 aromatic carbocycles. The molecule has 1 aliphatic heterocycles. The molecular formula is C26H29N3O6. The molecule has 1 amide bonds. The molecule has 1 aliphatic rings. The van der Waals surface area contributed by atoms with Gasteiger partial charge in [-0.15, -0.1) is 0 Å². The van der Waals surface area contributed by atoms with Crippen LogP contribution in [0.4, 0.5) is 5.69 Å². The van der Waals surface area contributed by atoms with Crippen molar-refractivity contribution in [2.24, 2.45) is 0 Å². The van der Waals surface area contributed by atoms with Crippen LogP contribution in [0.5, 0.6) is 5.75 Å². The van der Waals surface area contributed by atoms with Crippen molar-refractivity contribution >= 4 is 23.1 Å². The first kappa shape index (κ1) is 25.6. The van der Waals surface area contributed by atoms with E-state index in [-0.39, 0.29) is 23.6 Å². The average molecular weight is 480 g/mol. The molecule has 1 heterocycles. The Labute approximate surface area is 204 Å². The summed E-state index contributed by atoms with van der Waals surface area (Å²) in [6.07, 6.45) is 1.61. The highest BCUT2D eigenvalue weighted by Gasteiger charge is 2.46. The first-order chi connectivity index (χ1) is 16.8. The number of Topliss-reactive ketones (excluding diaryl/α,β-unsaturated/α-hetero) is 1. The van der Waals surface area contributed by atoms with Crippen molar-refractivity contribution in [2.75, 3.05) is 32.8 Å². The average Bonchev–Trinajstić information content (AvgIpc) is 3.13. The fraction of sp³-hybridized carbons (Fsp3) is 0.308. The van der Waals surface area contributed by atoms with Crippen molar-refractivity contribution in [3.8, 4) is 5.75 Å². The highest BCUT2D eigenvalue weighted by atomic mass is 16.6. The van der Waals surface area contributed by atoms with Crippen LogP contribution in [0, 0.1) is 10.1 Å². The molecule has 0 saturated carbocycles. The molecule has 1 atom stereocenters. The molecule has 9 heteroatoms. The minimum absolute atomic E-state index is 0.0526. The Morgan fingerprint density at radius 2 is 1.77 bits per heavy atom. The molecule has 184 valence electrons. The number of carbonyl (C=O) groups is 2. The summed E-state index contributed by atoms with van der Waals surface area (Å²) in [5.74, 6) is -1.26. The van der Waals surface area contributed by atoms with E-state index in [1.165, 1.54) is 29.2 Å². The van der Waals surface area contributed by atoms with Crippen molar-refractivity contribution in [1.29, 1.82) is 0 Å². The van der Waals surface area contributed by atoms with Crippen LogP contribution in [0.3, 0.4) is 0 Å². The van der Waals surface area contributed by atoms with Crippen LogP contribution in [0.15, 0.2) is 66.8 Å². The lowest BCUT2D eigenvalue weighted by Gasteiger charge is -2.28. The number of amides is 1. The van der Waals surface area contributed by atoms with Gasteiger partial charge in [0.15, 0.2) is 0 Å². The Balaban J connectivity index is 2.05. The Hall–Kier alpha value is -3.98. The first-order valence-corrected chi connectivity index (χ1v) is 11.4. The summed E-state index contributed by atoms with van der Waals surface area (Å²) in [6, 6.07) is 11.3. The molecule has 1 N–H and O–H groups in total. The smallest absolute Gasteiger partial charge is 0.295 e. The number of rotatable bonds is 11. The van der Waals surface area contributed by atoms with Gasteiger partial charge < -0.3 is 19.6 Å². The predicted molar refractivity (Wildman–Crippen MR) is 132 cm³/mol. The number of nitro benzene ring substituents is 1. The van der Waals surface area contributed by atoms with Gasteiger partial charge in [0, 0.05) is 30.8 Å². The lowest BCUT2D eigenvalue weighted by atomic mass is 9.95. The maximum atomic E-state index is 13.1. The molecule has 0 aromatic heterocycles. The van der Waals surface area contributed by atoms with Crippen molar-refractivity contribution in [3.63, 3.8) is 0 Å². The molecule has 0 aliphatic carbocycles. The van der Waals surface area contributed by atoms with E-state index < -0.39 is 22.7 Å². The van der Waals surface area contributed by atoms with Crippen LogP contribution >= 0.6 is 0 Å². The topological polar surface area (TPSA) is 113 Å². The fourth-order valence-electron chi connectivity index (χ4n) is 4.04. The van der Waals surface area contributed by atoms with E-state index in [2.05, 4.69) is 11.5 Å². The van der Waals surface area contributed by atoms with E-state index in [1.54, 1.807) is 30.3 Å². The van der Waals surface area contributed by atoms with E-state index in [0.717, 1.165) is 13.1 Å². The number of nitro groups is 1. The second-order valence-corrected chi connectivity index (χ2v) is 7.99. The molecule has 1 unspecified atom stereocenters. The van der Waals surface area contributed by atoms with E-state index in [4.69, 9.17) is 4.74 Å². The van der Waals surface area contributed by atoms with E-state index >= 15 is 0 Å². The lowest BCUT2D eigenvalue weighted by Crippen LogP contribution is -2.38. The van der Waals surface area contributed by atoms with Gasteiger partial charge in [0.1, 0.15) is 18.1 Å². The van der Waals surface area contributed by atoms with Crippen LogP contribution in [-0.4, -0.2) is 64.3 Å². The summed E-state index contributed by atoms with van der Waals surface area (Å²) in [4.78, 5) is 40.3. The zero-order valence-electron chi connectivity index (χ0n) is 19.8. The second kappa shape index (κ2) is 11.4. The number of nitrogens with zero attached hydrogens (tertiary/aromatic N) is 3.